The van der Waals surface area contributed by atoms with Crippen molar-refractivity contribution in [1.82, 2.24) is 15.3 Å². The molecule has 1 amide bonds. The molecule has 1 aliphatic heterocycles. The third kappa shape index (κ3) is 6.81. The summed E-state index contributed by atoms with van der Waals surface area (Å²) in [6.07, 6.45) is -5.51. The lowest BCUT2D eigenvalue weighted by molar-refractivity contribution is -0.344. The summed E-state index contributed by atoms with van der Waals surface area (Å²) in [5.41, 5.74) is 0.998. The van der Waals surface area contributed by atoms with Crippen LogP contribution in [-0.2, 0) is 16.0 Å². The number of amides is 1. The molecule has 10 heteroatoms. The molecule has 0 spiro atoms. The Morgan fingerprint density at radius 2 is 1.79 bits per heavy atom. The van der Waals surface area contributed by atoms with E-state index in [4.69, 9.17) is 4.74 Å². The van der Waals surface area contributed by atoms with Crippen molar-refractivity contribution in [2.75, 3.05) is 18.0 Å². The maximum Gasteiger partial charge on any atom is 0.522 e. The molecule has 0 bridgehead atoms. The van der Waals surface area contributed by atoms with Crippen molar-refractivity contribution in [3.05, 3.63) is 17.1 Å². The van der Waals surface area contributed by atoms with Gasteiger partial charge in [-0.25, -0.2) is 14.8 Å². The summed E-state index contributed by atoms with van der Waals surface area (Å²) in [6, 6.07) is 0. The van der Waals surface area contributed by atoms with Gasteiger partial charge in [-0.1, -0.05) is 0 Å². The predicted octanol–water partition coefficient (Wildman–Crippen LogP) is 3.62. The standard InChI is InChI=1S/C18H27F3N4O3/c1-11-12(2)23-14(10-22-16(26)28-17(3,4)5)24-15(11)25-8-6-13(7-9-25)27-18(19,20)21/h13H,6-10H2,1-5H3,(H,22,26). The minimum Gasteiger partial charge on any atom is -0.444 e. The van der Waals surface area contributed by atoms with E-state index in [9.17, 15) is 18.0 Å². The van der Waals surface area contributed by atoms with Crippen molar-refractivity contribution in [3.8, 4) is 0 Å². The molecule has 28 heavy (non-hydrogen) atoms. The molecule has 0 aliphatic carbocycles. The summed E-state index contributed by atoms with van der Waals surface area (Å²) in [5, 5.41) is 2.62. The van der Waals surface area contributed by atoms with E-state index in [0.717, 1.165) is 11.3 Å². The number of alkyl carbamates (subject to hydrolysis) is 1. The summed E-state index contributed by atoms with van der Waals surface area (Å²) in [6.45, 7) is 9.89. The Hall–Kier alpha value is -2.10. The number of aryl methyl sites for hydroxylation is 1. The van der Waals surface area contributed by atoms with Gasteiger partial charge >= 0.3 is 12.5 Å². The van der Waals surface area contributed by atoms with Crippen LogP contribution in [0.5, 0.6) is 0 Å². The quantitative estimate of drug-likeness (QED) is 0.826. The SMILES string of the molecule is Cc1nc(CNC(=O)OC(C)(C)C)nc(N2CCC(OC(F)(F)F)CC2)c1C. The molecule has 2 rings (SSSR count). The summed E-state index contributed by atoms with van der Waals surface area (Å²) >= 11 is 0. The van der Waals surface area contributed by atoms with Crippen LogP contribution < -0.4 is 10.2 Å². The molecule has 7 nitrogen and oxygen atoms in total. The predicted molar refractivity (Wildman–Crippen MR) is 97.0 cm³/mol. The number of anilines is 1. The Morgan fingerprint density at radius 1 is 1.18 bits per heavy atom. The normalized spacial score (nSPS) is 16.2. The number of ether oxygens (including phenoxy) is 2. The smallest absolute Gasteiger partial charge is 0.444 e. The minimum absolute atomic E-state index is 0.0939. The first-order chi connectivity index (χ1) is 12.8. The molecule has 1 aromatic heterocycles. The number of hydrogen-bond donors (Lipinski definition) is 1. The zero-order valence-corrected chi connectivity index (χ0v) is 16.8. The molecule has 0 radical (unpaired) electrons. The zero-order valence-electron chi connectivity index (χ0n) is 16.8. The first-order valence-electron chi connectivity index (χ1n) is 9.14. The van der Waals surface area contributed by atoms with Gasteiger partial charge in [0.15, 0.2) is 0 Å². The molecule has 1 fully saturated rings. The van der Waals surface area contributed by atoms with Gasteiger partial charge in [0.05, 0.1) is 12.6 Å². The van der Waals surface area contributed by atoms with Gasteiger partial charge < -0.3 is 15.0 Å². The topological polar surface area (TPSA) is 76.6 Å². The van der Waals surface area contributed by atoms with Gasteiger partial charge in [-0.2, -0.15) is 0 Å². The molecule has 1 saturated heterocycles. The van der Waals surface area contributed by atoms with E-state index in [1.165, 1.54) is 0 Å². The number of halogens is 3. The van der Waals surface area contributed by atoms with Crippen LogP contribution in [0.3, 0.4) is 0 Å². The zero-order chi connectivity index (χ0) is 21.1. The highest BCUT2D eigenvalue weighted by Crippen LogP contribution is 2.28. The third-order valence-corrected chi connectivity index (χ3v) is 4.24. The molecule has 158 valence electrons. The second-order valence-corrected chi connectivity index (χ2v) is 7.78. The average Bonchev–Trinajstić information content (AvgIpc) is 2.53. The molecule has 0 unspecified atom stereocenters. The van der Waals surface area contributed by atoms with Crippen LogP contribution in [0.25, 0.3) is 0 Å². The van der Waals surface area contributed by atoms with Crippen LogP contribution in [0.2, 0.25) is 0 Å². The van der Waals surface area contributed by atoms with Crippen molar-refractivity contribution in [1.29, 1.82) is 0 Å². The van der Waals surface area contributed by atoms with Crippen LogP contribution in [0.4, 0.5) is 23.8 Å². The number of aromatic nitrogens is 2. The Kier molecular flexibility index (Phi) is 6.74. The van der Waals surface area contributed by atoms with Gasteiger partial charge in [-0.15, -0.1) is 13.2 Å². The lowest BCUT2D eigenvalue weighted by Gasteiger charge is -2.34. The third-order valence-electron chi connectivity index (χ3n) is 4.24. The van der Waals surface area contributed by atoms with Crippen molar-refractivity contribution >= 4 is 11.9 Å². The van der Waals surface area contributed by atoms with E-state index in [0.29, 0.717) is 24.7 Å². The van der Waals surface area contributed by atoms with E-state index in [1.54, 1.807) is 20.8 Å². The van der Waals surface area contributed by atoms with Crippen LogP contribution in [0.15, 0.2) is 0 Å². The van der Waals surface area contributed by atoms with Crippen molar-refractivity contribution in [3.63, 3.8) is 0 Å². The van der Waals surface area contributed by atoms with Crippen LogP contribution in [0.1, 0.15) is 50.7 Å². The highest BCUT2D eigenvalue weighted by Gasteiger charge is 2.35. The van der Waals surface area contributed by atoms with Crippen LogP contribution in [-0.4, -0.2) is 47.2 Å². The molecule has 1 aromatic rings. The molecule has 0 saturated carbocycles. The van der Waals surface area contributed by atoms with Gasteiger partial charge in [0.25, 0.3) is 0 Å². The number of rotatable bonds is 4. The van der Waals surface area contributed by atoms with Crippen molar-refractivity contribution in [2.24, 2.45) is 0 Å². The minimum atomic E-state index is -4.62. The van der Waals surface area contributed by atoms with Crippen molar-refractivity contribution < 1.29 is 27.4 Å². The summed E-state index contributed by atoms with van der Waals surface area (Å²) in [5.74, 6) is 1.08. The molecular weight excluding hydrogens is 377 g/mol. The van der Waals surface area contributed by atoms with Gasteiger partial charge in [0.1, 0.15) is 17.2 Å². The van der Waals surface area contributed by atoms with E-state index in [1.807, 2.05) is 18.7 Å². The van der Waals surface area contributed by atoms with E-state index < -0.39 is 24.2 Å². The van der Waals surface area contributed by atoms with Gasteiger partial charge in [-0.05, 0) is 47.5 Å². The van der Waals surface area contributed by atoms with Gasteiger partial charge in [0.2, 0.25) is 0 Å². The second-order valence-electron chi connectivity index (χ2n) is 7.78. The molecule has 0 aromatic carbocycles. The fraction of sp³-hybridized carbons (Fsp3) is 0.722. The molecule has 2 heterocycles. The Balaban J connectivity index is 2.03. The first-order valence-corrected chi connectivity index (χ1v) is 9.14. The fourth-order valence-electron chi connectivity index (χ4n) is 2.90. The highest BCUT2D eigenvalue weighted by molar-refractivity contribution is 5.67. The summed E-state index contributed by atoms with van der Waals surface area (Å²) in [4.78, 5) is 22.6. The van der Waals surface area contributed by atoms with Crippen molar-refractivity contribution in [2.45, 2.75) is 72.1 Å². The van der Waals surface area contributed by atoms with E-state index >= 15 is 0 Å². The largest absolute Gasteiger partial charge is 0.522 e. The number of alkyl halides is 3. The maximum absolute atomic E-state index is 12.4. The van der Waals surface area contributed by atoms with E-state index in [2.05, 4.69) is 20.0 Å². The molecule has 1 aliphatic rings. The first kappa shape index (κ1) is 22.2. The Bertz CT molecular complexity index is 697. The number of carbonyl (C=O) groups excluding carboxylic acids is 1. The lowest BCUT2D eigenvalue weighted by atomic mass is 10.1. The fourth-order valence-corrected chi connectivity index (χ4v) is 2.90. The monoisotopic (exact) mass is 404 g/mol. The summed E-state index contributed by atoms with van der Waals surface area (Å²) in [7, 11) is 0. The molecule has 1 N–H and O–H groups in total. The Labute approximate surface area is 162 Å². The highest BCUT2D eigenvalue weighted by atomic mass is 19.4. The molecule has 0 atom stereocenters. The number of hydrogen-bond acceptors (Lipinski definition) is 6. The van der Waals surface area contributed by atoms with Gasteiger partial charge in [-0.3, -0.25) is 4.74 Å². The molecular formula is C18H27F3N4O3. The lowest BCUT2D eigenvalue weighted by Crippen LogP contribution is -2.40. The number of carbonyl (C=O) groups is 1. The van der Waals surface area contributed by atoms with Gasteiger partial charge in [0, 0.05) is 24.3 Å². The van der Waals surface area contributed by atoms with Crippen LogP contribution in [0, 0.1) is 13.8 Å². The Morgan fingerprint density at radius 3 is 2.32 bits per heavy atom. The average molecular weight is 404 g/mol. The number of piperidine rings is 1. The van der Waals surface area contributed by atoms with Crippen LogP contribution >= 0.6 is 0 Å². The number of nitrogens with zero attached hydrogens (tertiary/aromatic N) is 3. The van der Waals surface area contributed by atoms with E-state index in [-0.39, 0.29) is 19.4 Å². The second kappa shape index (κ2) is 8.50. The summed E-state index contributed by atoms with van der Waals surface area (Å²) < 4.78 is 46.5. The maximum atomic E-state index is 12.4. The number of nitrogens with one attached hydrogen (secondary N) is 1.